The molecule has 4 heteroatoms. The largest absolute Gasteiger partial charge is 0.478 e. The predicted octanol–water partition coefficient (Wildman–Crippen LogP) is 0.970. The number of carboxylic acid groups (broad SMARTS) is 1. The van der Waals surface area contributed by atoms with Crippen molar-refractivity contribution in [1.82, 2.24) is 0 Å². The number of aliphatic carboxylic acids is 1. The van der Waals surface area contributed by atoms with Crippen LogP contribution < -0.4 is 0 Å². The third-order valence-corrected chi connectivity index (χ3v) is 1.06. The van der Waals surface area contributed by atoms with Crippen LogP contribution in [0.5, 0.6) is 0 Å². The molecule has 0 aromatic rings. The third kappa shape index (κ3) is 6.80. The van der Waals surface area contributed by atoms with E-state index in [0.29, 0.717) is 6.42 Å². The number of carbonyl (C=O) groups excluding carboxylic acids is 1. The lowest BCUT2D eigenvalue weighted by Crippen LogP contribution is -2.03. The first-order chi connectivity index (χ1) is 5.66. The summed E-state index contributed by atoms with van der Waals surface area (Å²) in [6, 6.07) is 0. The summed E-state index contributed by atoms with van der Waals surface area (Å²) in [5.41, 5.74) is 0. The third-order valence-electron chi connectivity index (χ3n) is 1.06. The molecule has 0 aliphatic carbocycles. The summed E-state index contributed by atoms with van der Waals surface area (Å²) in [4.78, 5) is 20.6. The SMILES string of the molecule is CCCC(=O)OC/C=C/C(=O)O. The molecule has 0 amide bonds. The van der Waals surface area contributed by atoms with Crippen LogP contribution in [0, 0.1) is 0 Å². The predicted molar refractivity (Wildman–Crippen MR) is 42.6 cm³/mol. The van der Waals surface area contributed by atoms with Gasteiger partial charge in [0.05, 0.1) is 0 Å². The average Bonchev–Trinajstić information content (AvgIpc) is 1.98. The van der Waals surface area contributed by atoms with Crippen molar-refractivity contribution in [3.05, 3.63) is 12.2 Å². The molecule has 4 nitrogen and oxygen atoms in total. The van der Waals surface area contributed by atoms with Crippen molar-refractivity contribution in [1.29, 1.82) is 0 Å². The van der Waals surface area contributed by atoms with Gasteiger partial charge in [0, 0.05) is 12.5 Å². The van der Waals surface area contributed by atoms with Crippen molar-refractivity contribution in [2.75, 3.05) is 6.61 Å². The Morgan fingerprint density at radius 3 is 2.67 bits per heavy atom. The van der Waals surface area contributed by atoms with Crippen LogP contribution >= 0.6 is 0 Å². The standard InChI is InChI=1S/C8H12O4/c1-2-4-8(11)12-6-3-5-7(9)10/h3,5H,2,4,6H2,1H3,(H,9,10)/b5-3+. The Morgan fingerprint density at radius 2 is 2.17 bits per heavy atom. The molecule has 0 bridgehead atoms. The minimum Gasteiger partial charge on any atom is -0.478 e. The Balaban J connectivity index is 3.43. The summed E-state index contributed by atoms with van der Waals surface area (Å²) >= 11 is 0. The second kappa shape index (κ2) is 6.39. The van der Waals surface area contributed by atoms with E-state index in [9.17, 15) is 9.59 Å². The summed E-state index contributed by atoms with van der Waals surface area (Å²) in [6.07, 6.45) is 3.34. The van der Waals surface area contributed by atoms with Gasteiger partial charge in [-0.2, -0.15) is 0 Å². The topological polar surface area (TPSA) is 63.6 Å². The van der Waals surface area contributed by atoms with E-state index in [1.165, 1.54) is 6.08 Å². The molecule has 0 aliphatic rings. The lowest BCUT2D eigenvalue weighted by molar-refractivity contribution is -0.142. The van der Waals surface area contributed by atoms with Gasteiger partial charge in [0.1, 0.15) is 6.61 Å². The van der Waals surface area contributed by atoms with Crippen LogP contribution in [0.2, 0.25) is 0 Å². The molecule has 0 spiro atoms. The molecule has 0 saturated heterocycles. The van der Waals surface area contributed by atoms with Gasteiger partial charge >= 0.3 is 11.9 Å². The highest BCUT2D eigenvalue weighted by Crippen LogP contribution is 1.90. The maximum atomic E-state index is 10.7. The molecule has 0 aliphatic heterocycles. The molecule has 0 saturated carbocycles. The molecule has 12 heavy (non-hydrogen) atoms. The molecule has 0 radical (unpaired) electrons. The van der Waals surface area contributed by atoms with Gasteiger partial charge in [-0.25, -0.2) is 4.79 Å². The fourth-order valence-electron chi connectivity index (χ4n) is 0.566. The smallest absolute Gasteiger partial charge is 0.328 e. The Bertz CT molecular complexity index is 183. The van der Waals surface area contributed by atoms with Gasteiger partial charge < -0.3 is 9.84 Å². The van der Waals surface area contributed by atoms with E-state index >= 15 is 0 Å². The Morgan fingerprint density at radius 1 is 1.50 bits per heavy atom. The molecule has 0 aromatic carbocycles. The molecule has 0 rings (SSSR count). The number of hydrogen-bond acceptors (Lipinski definition) is 3. The van der Waals surface area contributed by atoms with Crippen LogP contribution in [0.15, 0.2) is 12.2 Å². The minimum absolute atomic E-state index is 0.0329. The first-order valence-corrected chi connectivity index (χ1v) is 3.72. The molecule has 0 fully saturated rings. The van der Waals surface area contributed by atoms with E-state index in [1.807, 2.05) is 6.92 Å². The van der Waals surface area contributed by atoms with Crippen molar-refractivity contribution < 1.29 is 19.4 Å². The summed E-state index contributed by atoms with van der Waals surface area (Å²) in [6.45, 7) is 1.90. The van der Waals surface area contributed by atoms with Gasteiger partial charge in [0.2, 0.25) is 0 Å². The molecular weight excluding hydrogens is 160 g/mol. The molecule has 0 unspecified atom stereocenters. The van der Waals surface area contributed by atoms with Gasteiger partial charge in [0.25, 0.3) is 0 Å². The summed E-state index contributed by atoms with van der Waals surface area (Å²) in [5, 5.41) is 8.15. The van der Waals surface area contributed by atoms with Gasteiger partial charge in [-0.3, -0.25) is 4.79 Å². The van der Waals surface area contributed by atoms with Gasteiger partial charge in [-0.05, 0) is 12.5 Å². The van der Waals surface area contributed by atoms with Crippen LogP contribution in [0.25, 0.3) is 0 Å². The fourth-order valence-corrected chi connectivity index (χ4v) is 0.566. The number of carbonyl (C=O) groups is 2. The second-order valence-electron chi connectivity index (χ2n) is 2.17. The highest BCUT2D eigenvalue weighted by molar-refractivity contribution is 5.79. The van der Waals surface area contributed by atoms with Crippen molar-refractivity contribution in [2.24, 2.45) is 0 Å². The zero-order chi connectivity index (χ0) is 9.40. The van der Waals surface area contributed by atoms with Gasteiger partial charge in [-0.1, -0.05) is 6.92 Å². The van der Waals surface area contributed by atoms with Crippen molar-refractivity contribution in [2.45, 2.75) is 19.8 Å². The Kier molecular flexibility index (Phi) is 5.69. The number of carboxylic acids is 1. The van der Waals surface area contributed by atoms with Crippen LogP contribution in [0.4, 0.5) is 0 Å². The average molecular weight is 172 g/mol. The van der Waals surface area contributed by atoms with Crippen LogP contribution in [0.1, 0.15) is 19.8 Å². The van der Waals surface area contributed by atoms with Crippen LogP contribution in [-0.2, 0) is 14.3 Å². The molecule has 0 atom stereocenters. The zero-order valence-electron chi connectivity index (χ0n) is 6.95. The minimum atomic E-state index is -1.04. The van der Waals surface area contributed by atoms with E-state index in [4.69, 9.17) is 5.11 Å². The second-order valence-corrected chi connectivity index (χ2v) is 2.17. The maximum absolute atomic E-state index is 10.7. The summed E-state index contributed by atoms with van der Waals surface area (Å²) < 4.78 is 4.64. The lowest BCUT2D eigenvalue weighted by atomic mass is 10.3. The highest BCUT2D eigenvalue weighted by Gasteiger charge is 1.97. The molecule has 1 N–H and O–H groups in total. The normalized spacial score (nSPS) is 10.1. The first-order valence-electron chi connectivity index (χ1n) is 3.72. The Labute approximate surface area is 70.8 Å². The number of hydrogen-bond donors (Lipinski definition) is 1. The van der Waals surface area contributed by atoms with Gasteiger partial charge in [-0.15, -0.1) is 0 Å². The summed E-state index contributed by atoms with van der Waals surface area (Å²) in [7, 11) is 0. The van der Waals surface area contributed by atoms with Crippen molar-refractivity contribution in [3.63, 3.8) is 0 Å². The maximum Gasteiger partial charge on any atom is 0.328 e. The zero-order valence-corrected chi connectivity index (χ0v) is 6.95. The molecule has 0 aromatic heterocycles. The van der Waals surface area contributed by atoms with Crippen LogP contribution in [0.3, 0.4) is 0 Å². The van der Waals surface area contributed by atoms with E-state index in [1.54, 1.807) is 0 Å². The first kappa shape index (κ1) is 10.7. The fraction of sp³-hybridized carbons (Fsp3) is 0.500. The van der Waals surface area contributed by atoms with E-state index in [2.05, 4.69) is 4.74 Å². The lowest BCUT2D eigenvalue weighted by Gasteiger charge is -1.97. The number of rotatable bonds is 5. The number of esters is 1. The van der Waals surface area contributed by atoms with Crippen LogP contribution in [-0.4, -0.2) is 23.7 Å². The quantitative estimate of drug-likeness (QED) is 0.495. The van der Waals surface area contributed by atoms with Crippen molar-refractivity contribution >= 4 is 11.9 Å². The number of ether oxygens (including phenoxy) is 1. The van der Waals surface area contributed by atoms with Gasteiger partial charge in [0.15, 0.2) is 0 Å². The monoisotopic (exact) mass is 172 g/mol. The molecular formula is C8H12O4. The van der Waals surface area contributed by atoms with E-state index in [0.717, 1.165) is 12.5 Å². The highest BCUT2D eigenvalue weighted by atomic mass is 16.5. The molecule has 0 heterocycles. The Hall–Kier alpha value is -1.32. The van der Waals surface area contributed by atoms with E-state index in [-0.39, 0.29) is 12.6 Å². The van der Waals surface area contributed by atoms with E-state index < -0.39 is 5.97 Å². The van der Waals surface area contributed by atoms with Crippen molar-refractivity contribution in [3.8, 4) is 0 Å². The molecule has 68 valence electrons. The summed E-state index contributed by atoms with van der Waals surface area (Å²) in [5.74, 6) is -1.34.